The summed E-state index contributed by atoms with van der Waals surface area (Å²) in [4.78, 5) is 16.0. The largest absolute Gasteiger partial charge is 0.357 e. The number of benzene rings is 1. The lowest BCUT2D eigenvalue weighted by molar-refractivity contribution is -0.120. The summed E-state index contributed by atoms with van der Waals surface area (Å²) in [7, 11) is 0. The predicted molar refractivity (Wildman–Crippen MR) is 97.1 cm³/mol. The van der Waals surface area contributed by atoms with E-state index in [0.717, 1.165) is 43.5 Å². The number of amides is 1. The van der Waals surface area contributed by atoms with Gasteiger partial charge in [-0.15, -0.1) is 0 Å². The summed E-state index contributed by atoms with van der Waals surface area (Å²) in [6.45, 7) is 6.79. The van der Waals surface area contributed by atoms with Crippen LogP contribution in [0.4, 0.5) is 0 Å². The number of rotatable bonds is 9. The number of guanidine groups is 1. The highest BCUT2D eigenvalue weighted by molar-refractivity contribution is 6.30. The first-order valence-corrected chi connectivity index (χ1v) is 8.56. The van der Waals surface area contributed by atoms with Gasteiger partial charge in [-0.05, 0) is 37.5 Å². The Morgan fingerprint density at radius 1 is 1.17 bits per heavy atom. The van der Waals surface area contributed by atoms with Crippen LogP contribution in [0.3, 0.4) is 0 Å². The van der Waals surface area contributed by atoms with Crippen molar-refractivity contribution in [2.24, 2.45) is 4.99 Å². The zero-order valence-corrected chi connectivity index (χ0v) is 14.7. The molecule has 0 unspecified atom stereocenters. The topological polar surface area (TPSA) is 65.5 Å². The number of hydrogen-bond acceptors (Lipinski definition) is 2. The third-order valence-electron chi connectivity index (χ3n) is 3.12. The zero-order chi connectivity index (χ0) is 16.9. The van der Waals surface area contributed by atoms with Gasteiger partial charge >= 0.3 is 0 Å². The minimum absolute atomic E-state index is 0.0466. The minimum atomic E-state index is 0.0466. The molecule has 0 aliphatic carbocycles. The zero-order valence-electron chi connectivity index (χ0n) is 14.0. The summed E-state index contributed by atoms with van der Waals surface area (Å²) in [6.07, 6.45) is 2.22. The summed E-state index contributed by atoms with van der Waals surface area (Å²) < 4.78 is 0. The van der Waals surface area contributed by atoms with E-state index in [4.69, 9.17) is 11.6 Å². The van der Waals surface area contributed by atoms with Crippen molar-refractivity contribution in [3.8, 4) is 0 Å². The summed E-state index contributed by atoms with van der Waals surface area (Å²) >= 11 is 5.98. The van der Waals surface area contributed by atoms with Crippen molar-refractivity contribution in [1.82, 2.24) is 16.0 Å². The maximum Gasteiger partial charge on any atom is 0.221 e. The van der Waals surface area contributed by atoms with Crippen LogP contribution in [0.25, 0.3) is 0 Å². The first-order chi connectivity index (χ1) is 11.2. The highest BCUT2D eigenvalue weighted by Crippen LogP contribution is 2.10. The van der Waals surface area contributed by atoms with Crippen LogP contribution in [-0.4, -0.2) is 38.0 Å². The third-order valence-corrected chi connectivity index (χ3v) is 3.36. The second kappa shape index (κ2) is 11.8. The summed E-state index contributed by atoms with van der Waals surface area (Å²) in [6, 6.07) is 7.83. The number of aliphatic imine (C=N–C) groups is 1. The Morgan fingerprint density at radius 2 is 2.00 bits per heavy atom. The summed E-state index contributed by atoms with van der Waals surface area (Å²) in [5.41, 5.74) is 1.18. The van der Waals surface area contributed by atoms with Crippen LogP contribution >= 0.6 is 11.6 Å². The standard InChI is InChI=1S/C17H27ClN4O/c1-3-10-20-16(23)9-12-22-17(19-4-2)21-11-8-14-6-5-7-15(18)13-14/h5-7,13H,3-4,8-12H2,1-2H3,(H,20,23)(H2,19,21,22). The van der Waals surface area contributed by atoms with Gasteiger partial charge in [0.1, 0.15) is 0 Å². The quantitative estimate of drug-likeness (QED) is 0.478. The lowest BCUT2D eigenvalue weighted by atomic mass is 10.1. The van der Waals surface area contributed by atoms with Crippen molar-refractivity contribution >= 4 is 23.5 Å². The number of nitrogens with zero attached hydrogens (tertiary/aromatic N) is 1. The molecule has 0 spiro atoms. The van der Waals surface area contributed by atoms with Crippen LogP contribution in [0.5, 0.6) is 0 Å². The maximum atomic E-state index is 11.5. The molecule has 6 heteroatoms. The van der Waals surface area contributed by atoms with E-state index in [9.17, 15) is 4.79 Å². The molecule has 3 N–H and O–H groups in total. The molecule has 5 nitrogen and oxygen atoms in total. The van der Waals surface area contributed by atoms with E-state index in [2.05, 4.69) is 27.0 Å². The molecule has 128 valence electrons. The molecule has 1 rings (SSSR count). The summed E-state index contributed by atoms with van der Waals surface area (Å²) in [5.74, 6) is 0.781. The van der Waals surface area contributed by atoms with Gasteiger partial charge in [0.05, 0.1) is 6.54 Å². The Bertz CT molecular complexity index is 505. The molecule has 0 saturated heterocycles. The summed E-state index contributed by atoms with van der Waals surface area (Å²) in [5, 5.41) is 10.0. The molecule has 0 fully saturated rings. The number of carbonyl (C=O) groups excluding carboxylic acids is 1. The van der Waals surface area contributed by atoms with Gasteiger partial charge in [-0.3, -0.25) is 9.79 Å². The lowest BCUT2D eigenvalue weighted by Gasteiger charge is -2.11. The fourth-order valence-corrected chi connectivity index (χ4v) is 2.19. The highest BCUT2D eigenvalue weighted by Gasteiger charge is 2.01. The van der Waals surface area contributed by atoms with Crippen LogP contribution in [-0.2, 0) is 11.2 Å². The molecule has 0 bridgehead atoms. The van der Waals surface area contributed by atoms with Gasteiger partial charge in [-0.2, -0.15) is 0 Å². The van der Waals surface area contributed by atoms with Gasteiger partial charge in [-0.1, -0.05) is 30.7 Å². The Kier molecular flexibility index (Phi) is 9.87. The number of halogens is 1. The monoisotopic (exact) mass is 338 g/mol. The van der Waals surface area contributed by atoms with Gasteiger partial charge in [-0.25, -0.2) is 0 Å². The molecule has 1 amide bonds. The molecular weight excluding hydrogens is 312 g/mol. The third kappa shape index (κ3) is 9.08. The van der Waals surface area contributed by atoms with Crippen molar-refractivity contribution in [2.45, 2.75) is 33.1 Å². The van der Waals surface area contributed by atoms with Crippen molar-refractivity contribution in [1.29, 1.82) is 0 Å². The molecule has 1 aromatic carbocycles. The molecule has 0 heterocycles. The van der Waals surface area contributed by atoms with Crippen LogP contribution in [0.2, 0.25) is 5.02 Å². The molecular formula is C17H27ClN4O. The van der Waals surface area contributed by atoms with Gasteiger partial charge in [0.25, 0.3) is 0 Å². The van der Waals surface area contributed by atoms with Crippen molar-refractivity contribution in [2.75, 3.05) is 26.2 Å². The van der Waals surface area contributed by atoms with E-state index >= 15 is 0 Å². The van der Waals surface area contributed by atoms with E-state index in [-0.39, 0.29) is 5.91 Å². The Hall–Kier alpha value is -1.75. The van der Waals surface area contributed by atoms with Gasteiger partial charge in [0.15, 0.2) is 5.96 Å². The molecule has 0 radical (unpaired) electrons. The lowest BCUT2D eigenvalue weighted by Crippen LogP contribution is -2.38. The molecule has 0 aliphatic heterocycles. The highest BCUT2D eigenvalue weighted by atomic mass is 35.5. The van der Waals surface area contributed by atoms with Gasteiger partial charge in [0.2, 0.25) is 5.91 Å². The normalized spacial score (nSPS) is 11.2. The van der Waals surface area contributed by atoms with Crippen LogP contribution in [0.1, 0.15) is 32.3 Å². The van der Waals surface area contributed by atoms with Gasteiger partial charge in [0, 0.05) is 31.1 Å². The average Bonchev–Trinajstić information content (AvgIpc) is 2.53. The molecule has 23 heavy (non-hydrogen) atoms. The fourth-order valence-electron chi connectivity index (χ4n) is 1.98. The van der Waals surface area contributed by atoms with E-state index in [0.29, 0.717) is 13.0 Å². The van der Waals surface area contributed by atoms with Crippen molar-refractivity contribution < 1.29 is 4.79 Å². The average molecular weight is 339 g/mol. The van der Waals surface area contributed by atoms with Gasteiger partial charge < -0.3 is 16.0 Å². The second-order valence-electron chi connectivity index (χ2n) is 5.17. The molecule has 0 aromatic heterocycles. The van der Waals surface area contributed by atoms with Crippen LogP contribution < -0.4 is 16.0 Å². The molecule has 0 saturated carbocycles. The SMILES string of the molecule is CCCNC(=O)CCN=C(NCC)NCCc1cccc(Cl)c1. The van der Waals surface area contributed by atoms with E-state index in [1.165, 1.54) is 5.56 Å². The van der Waals surface area contributed by atoms with Crippen LogP contribution in [0, 0.1) is 0 Å². The Labute approximate surface area is 143 Å². The smallest absolute Gasteiger partial charge is 0.221 e. The molecule has 0 atom stereocenters. The minimum Gasteiger partial charge on any atom is -0.357 e. The number of carbonyl (C=O) groups is 1. The van der Waals surface area contributed by atoms with E-state index < -0.39 is 0 Å². The van der Waals surface area contributed by atoms with E-state index in [1.54, 1.807) is 0 Å². The number of hydrogen-bond donors (Lipinski definition) is 3. The predicted octanol–water partition coefficient (Wildman–Crippen LogP) is 2.35. The molecule has 0 aliphatic rings. The fraction of sp³-hybridized carbons (Fsp3) is 0.529. The van der Waals surface area contributed by atoms with Crippen molar-refractivity contribution in [3.63, 3.8) is 0 Å². The van der Waals surface area contributed by atoms with Crippen molar-refractivity contribution in [3.05, 3.63) is 34.9 Å². The molecule has 1 aromatic rings. The number of nitrogens with one attached hydrogen (secondary N) is 3. The second-order valence-corrected chi connectivity index (χ2v) is 5.60. The Balaban J connectivity index is 2.35. The first kappa shape index (κ1) is 19.3. The Morgan fingerprint density at radius 3 is 2.70 bits per heavy atom. The maximum absolute atomic E-state index is 11.5. The van der Waals surface area contributed by atoms with E-state index in [1.807, 2.05) is 32.0 Å². The first-order valence-electron chi connectivity index (χ1n) is 8.19. The van der Waals surface area contributed by atoms with Crippen LogP contribution in [0.15, 0.2) is 29.3 Å².